The third-order valence-corrected chi connectivity index (χ3v) is 7.83. The van der Waals surface area contributed by atoms with E-state index in [1.807, 2.05) is 35.2 Å². The van der Waals surface area contributed by atoms with E-state index in [2.05, 4.69) is 48.5 Å². The van der Waals surface area contributed by atoms with E-state index in [9.17, 15) is 9.90 Å². The van der Waals surface area contributed by atoms with Gasteiger partial charge in [-0.15, -0.1) is 0 Å². The van der Waals surface area contributed by atoms with Crippen molar-refractivity contribution in [3.63, 3.8) is 0 Å². The zero-order chi connectivity index (χ0) is 22.4. The molecule has 1 N–H and O–H groups in total. The predicted molar refractivity (Wildman–Crippen MR) is 128 cm³/mol. The number of aliphatic hydroxyl groups is 1. The Morgan fingerprint density at radius 2 is 1.39 bits per heavy atom. The van der Waals surface area contributed by atoms with Gasteiger partial charge >= 0.3 is 6.09 Å². The molecule has 2 saturated heterocycles. The van der Waals surface area contributed by atoms with Crippen molar-refractivity contribution in [2.24, 2.45) is 0 Å². The number of benzene rings is 3. The number of hydrogen-bond donors (Lipinski definition) is 1. The second kappa shape index (κ2) is 8.03. The smallest absolute Gasteiger partial charge is 0.410 e. The summed E-state index contributed by atoms with van der Waals surface area (Å²) >= 11 is 0. The number of nitrogens with zero attached hydrogens (tertiary/aromatic N) is 1. The molecule has 2 unspecified atom stereocenters. The Bertz CT molecular complexity index is 1110. The molecule has 0 aromatic heterocycles. The van der Waals surface area contributed by atoms with Crippen molar-refractivity contribution in [2.75, 3.05) is 0 Å². The molecule has 33 heavy (non-hydrogen) atoms. The number of carbonyl (C=O) groups excluding carboxylic acids is 1. The van der Waals surface area contributed by atoms with Gasteiger partial charge in [-0.3, -0.25) is 0 Å². The topological polar surface area (TPSA) is 49.8 Å². The van der Waals surface area contributed by atoms with Crippen LogP contribution in [0.15, 0.2) is 78.9 Å². The van der Waals surface area contributed by atoms with E-state index in [-0.39, 0.29) is 30.7 Å². The average molecular weight is 440 g/mol. The largest absolute Gasteiger partial charge is 0.445 e. The molecule has 2 fully saturated rings. The zero-order valence-corrected chi connectivity index (χ0v) is 18.7. The van der Waals surface area contributed by atoms with Crippen LogP contribution in [0, 0.1) is 0 Å². The van der Waals surface area contributed by atoms with Crippen LogP contribution in [-0.4, -0.2) is 33.8 Å². The lowest BCUT2D eigenvalue weighted by Crippen LogP contribution is -2.61. The molecule has 1 amide bonds. The predicted octanol–water partition coefficient (Wildman–Crippen LogP) is 5.88. The molecule has 4 heteroatoms. The summed E-state index contributed by atoms with van der Waals surface area (Å²) in [6.07, 6.45) is 3.83. The van der Waals surface area contributed by atoms with Crippen molar-refractivity contribution in [1.82, 2.24) is 4.90 Å². The molecule has 1 aliphatic carbocycles. The van der Waals surface area contributed by atoms with Crippen LogP contribution < -0.4 is 0 Å². The van der Waals surface area contributed by atoms with Crippen LogP contribution in [0.1, 0.15) is 54.7 Å². The van der Waals surface area contributed by atoms with Gasteiger partial charge in [-0.05, 0) is 59.9 Å². The molecule has 2 aliphatic heterocycles. The van der Waals surface area contributed by atoms with Gasteiger partial charge in [-0.25, -0.2) is 4.79 Å². The summed E-state index contributed by atoms with van der Waals surface area (Å²) in [6.45, 7) is 0.281. The highest BCUT2D eigenvalue weighted by atomic mass is 16.6. The maximum Gasteiger partial charge on any atom is 0.410 e. The lowest BCUT2D eigenvalue weighted by atomic mass is 9.67. The van der Waals surface area contributed by atoms with Gasteiger partial charge in [-0.2, -0.15) is 0 Å². The van der Waals surface area contributed by atoms with E-state index >= 15 is 0 Å². The number of carbonyl (C=O) groups is 1. The number of rotatable bonds is 3. The van der Waals surface area contributed by atoms with Gasteiger partial charge in [-0.1, -0.05) is 78.9 Å². The molecule has 168 valence electrons. The average Bonchev–Trinajstić information content (AvgIpc) is 3.18. The Morgan fingerprint density at radius 3 is 2.00 bits per heavy atom. The van der Waals surface area contributed by atoms with E-state index in [0.717, 1.165) is 24.8 Å². The van der Waals surface area contributed by atoms with E-state index in [1.165, 1.54) is 22.3 Å². The molecule has 2 bridgehead atoms. The van der Waals surface area contributed by atoms with E-state index in [4.69, 9.17) is 4.74 Å². The second-order valence-electron chi connectivity index (χ2n) is 9.81. The first-order chi connectivity index (χ1) is 16.1. The van der Waals surface area contributed by atoms with Crippen LogP contribution in [0.25, 0.3) is 11.1 Å². The van der Waals surface area contributed by atoms with Gasteiger partial charge in [0.25, 0.3) is 0 Å². The van der Waals surface area contributed by atoms with Gasteiger partial charge in [0.05, 0.1) is 5.60 Å². The highest BCUT2D eigenvalue weighted by Gasteiger charge is 2.53. The molecular weight excluding hydrogens is 410 g/mol. The Balaban J connectivity index is 1.28. The minimum atomic E-state index is -0.880. The first-order valence-corrected chi connectivity index (χ1v) is 12.0. The molecule has 0 saturated carbocycles. The van der Waals surface area contributed by atoms with Crippen molar-refractivity contribution in [1.29, 1.82) is 0 Å². The summed E-state index contributed by atoms with van der Waals surface area (Å²) < 4.78 is 5.72. The normalized spacial score (nSPS) is 25.9. The number of ether oxygens (including phenoxy) is 1. The number of fused-ring (bicyclic) bond motifs is 5. The third-order valence-electron chi connectivity index (χ3n) is 7.83. The van der Waals surface area contributed by atoms with Crippen molar-refractivity contribution in [3.8, 4) is 11.1 Å². The monoisotopic (exact) mass is 439 g/mol. The van der Waals surface area contributed by atoms with Crippen molar-refractivity contribution in [3.05, 3.63) is 95.6 Å². The van der Waals surface area contributed by atoms with Crippen LogP contribution in [-0.2, 0) is 11.3 Å². The van der Waals surface area contributed by atoms with E-state index in [0.29, 0.717) is 12.8 Å². The molecule has 3 aromatic rings. The Labute approximate surface area is 194 Å². The lowest BCUT2D eigenvalue weighted by Gasteiger charge is -2.53. The summed E-state index contributed by atoms with van der Waals surface area (Å²) in [5.41, 5.74) is 4.97. The molecule has 6 rings (SSSR count). The Kier molecular flexibility index (Phi) is 4.99. The maximum atomic E-state index is 13.1. The quantitative estimate of drug-likeness (QED) is 0.554. The molecule has 3 aromatic carbocycles. The molecule has 0 spiro atoms. The van der Waals surface area contributed by atoms with E-state index < -0.39 is 5.60 Å². The van der Waals surface area contributed by atoms with Gasteiger partial charge in [0.2, 0.25) is 0 Å². The summed E-state index contributed by atoms with van der Waals surface area (Å²) in [6, 6.07) is 26.7. The summed E-state index contributed by atoms with van der Waals surface area (Å²) in [7, 11) is 0. The first kappa shape index (κ1) is 20.5. The fraction of sp³-hybridized carbons (Fsp3) is 0.345. The molecule has 0 radical (unpaired) electrons. The van der Waals surface area contributed by atoms with Crippen molar-refractivity contribution in [2.45, 2.75) is 62.3 Å². The summed E-state index contributed by atoms with van der Waals surface area (Å²) in [4.78, 5) is 15.1. The Morgan fingerprint density at radius 1 is 0.848 bits per heavy atom. The minimum absolute atomic E-state index is 0.00528. The Hall–Kier alpha value is -3.11. The fourth-order valence-corrected chi connectivity index (χ4v) is 6.53. The van der Waals surface area contributed by atoms with Crippen LogP contribution in [0.4, 0.5) is 4.79 Å². The lowest BCUT2D eigenvalue weighted by molar-refractivity contribution is -0.0926. The fourth-order valence-electron chi connectivity index (χ4n) is 6.53. The zero-order valence-electron chi connectivity index (χ0n) is 18.7. The number of hydrogen-bond acceptors (Lipinski definition) is 3. The number of piperidine rings is 2. The van der Waals surface area contributed by atoms with Crippen LogP contribution in [0.5, 0.6) is 0 Å². The van der Waals surface area contributed by atoms with Gasteiger partial charge < -0.3 is 14.7 Å². The van der Waals surface area contributed by atoms with Gasteiger partial charge in [0.15, 0.2) is 0 Å². The summed E-state index contributed by atoms with van der Waals surface area (Å²) in [5, 5.41) is 12.2. The van der Waals surface area contributed by atoms with Crippen molar-refractivity contribution >= 4 is 6.09 Å². The second-order valence-corrected chi connectivity index (χ2v) is 9.81. The van der Waals surface area contributed by atoms with Crippen LogP contribution in [0.2, 0.25) is 0 Å². The maximum absolute atomic E-state index is 13.1. The molecule has 4 nitrogen and oxygen atoms in total. The van der Waals surface area contributed by atoms with Crippen LogP contribution >= 0.6 is 0 Å². The summed E-state index contributed by atoms with van der Waals surface area (Å²) in [5.74, 6) is -0.0597. The number of amides is 1. The molecular formula is C29H29NO3. The van der Waals surface area contributed by atoms with Crippen LogP contribution in [0.3, 0.4) is 0 Å². The van der Waals surface area contributed by atoms with Gasteiger partial charge in [0.1, 0.15) is 6.61 Å². The minimum Gasteiger partial charge on any atom is -0.445 e. The highest BCUT2D eigenvalue weighted by molar-refractivity contribution is 5.79. The standard InChI is InChI=1S/C29H29NO3/c31-28(33-19-20-9-2-1-3-10-20)30-21-11-8-12-22(30)18-29(32,17-21)27-25-15-6-4-13-23(25)24-14-5-7-16-26(24)27/h1-7,9-10,13-16,21-22,27,32H,8,11-12,17-19H2. The molecule has 2 heterocycles. The first-order valence-electron chi connectivity index (χ1n) is 12.0. The van der Waals surface area contributed by atoms with Crippen molar-refractivity contribution < 1.29 is 14.6 Å². The van der Waals surface area contributed by atoms with Gasteiger partial charge in [0, 0.05) is 18.0 Å². The third kappa shape index (κ3) is 3.44. The SMILES string of the molecule is O=C(OCc1ccccc1)N1C2CCCC1CC(O)(C1c3ccccc3-c3ccccc31)C2. The highest BCUT2D eigenvalue weighted by Crippen LogP contribution is 2.55. The van der Waals surface area contributed by atoms with E-state index in [1.54, 1.807) is 0 Å². The molecule has 3 aliphatic rings. The molecule has 2 atom stereocenters.